The van der Waals surface area contributed by atoms with Crippen molar-refractivity contribution < 1.29 is 12.8 Å². The van der Waals surface area contributed by atoms with E-state index in [0.29, 0.717) is 0 Å². The Bertz CT molecular complexity index is 575. The van der Waals surface area contributed by atoms with Crippen molar-refractivity contribution in [2.24, 2.45) is 0 Å². The van der Waals surface area contributed by atoms with Gasteiger partial charge in [0.15, 0.2) is 9.84 Å². The monoisotopic (exact) mass is 317 g/mol. The summed E-state index contributed by atoms with van der Waals surface area (Å²) in [5.41, 5.74) is 0.946. The molecule has 3 nitrogen and oxygen atoms in total. The molecule has 20 heavy (non-hydrogen) atoms. The van der Waals surface area contributed by atoms with Gasteiger partial charge < -0.3 is 5.32 Å². The van der Waals surface area contributed by atoms with Crippen LogP contribution in [0.2, 0.25) is 0 Å². The second kappa shape index (κ2) is 6.45. The van der Waals surface area contributed by atoms with Gasteiger partial charge in [0.1, 0.15) is 5.82 Å². The highest BCUT2D eigenvalue weighted by atomic mass is 32.2. The topological polar surface area (TPSA) is 46.2 Å². The molecule has 1 heterocycles. The molecule has 2 rings (SSSR count). The van der Waals surface area contributed by atoms with Crippen molar-refractivity contribution >= 4 is 21.6 Å². The molecule has 0 aliphatic carbocycles. The van der Waals surface area contributed by atoms with E-state index in [-0.39, 0.29) is 29.4 Å². The maximum Gasteiger partial charge on any atom is 0.151 e. The number of benzene rings is 1. The fraction of sp³-hybridized carbons (Fsp3) is 0.571. The molecule has 0 aromatic heterocycles. The summed E-state index contributed by atoms with van der Waals surface area (Å²) in [6.45, 7) is 3.53. The summed E-state index contributed by atoms with van der Waals surface area (Å²) in [7, 11) is -3.00. The van der Waals surface area contributed by atoms with E-state index in [1.54, 1.807) is 30.8 Å². The van der Waals surface area contributed by atoms with Gasteiger partial charge in [-0.3, -0.25) is 0 Å². The lowest BCUT2D eigenvalue weighted by atomic mass is 10.0. The molecule has 0 spiro atoms. The van der Waals surface area contributed by atoms with Gasteiger partial charge in [-0.05, 0) is 42.9 Å². The van der Waals surface area contributed by atoms with Gasteiger partial charge in [-0.25, -0.2) is 12.8 Å². The Balaban J connectivity index is 2.10. The van der Waals surface area contributed by atoms with Crippen LogP contribution in [-0.4, -0.2) is 31.7 Å². The van der Waals surface area contributed by atoms with Crippen molar-refractivity contribution in [3.05, 3.63) is 29.6 Å². The van der Waals surface area contributed by atoms with Crippen LogP contribution < -0.4 is 5.32 Å². The first-order valence-corrected chi connectivity index (χ1v) is 9.60. The number of nitrogens with one attached hydrogen (secondary N) is 1. The molecule has 1 aromatic rings. The Hall–Kier alpha value is -0.590. The van der Waals surface area contributed by atoms with Gasteiger partial charge in [0.2, 0.25) is 0 Å². The molecule has 1 aromatic carbocycles. The van der Waals surface area contributed by atoms with Gasteiger partial charge in [0.05, 0.1) is 5.75 Å². The Morgan fingerprint density at radius 3 is 2.95 bits per heavy atom. The highest BCUT2D eigenvalue weighted by Gasteiger charge is 2.24. The lowest BCUT2D eigenvalue weighted by Crippen LogP contribution is -2.37. The average molecular weight is 317 g/mol. The first-order chi connectivity index (χ1) is 9.41. The van der Waals surface area contributed by atoms with Crippen LogP contribution >= 0.6 is 11.8 Å². The molecule has 2 unspecified atom stereocenters. The zero-order valence-electron chi connectivity index (χ0n) is 11.7. The summed E-state index contributed by atoms with van der Waals surface area (Å²) in [6, 6.07) is 4.73. The maximum atomic E-state index is 13.4. The lowest BCUT2D eigenvalue weighted by Gasteiger charge is -2.28. The van der Waals surface area contributed by atoms with Crippen molar-refractivity contribution in [2.45, 2.75) is 37.2 Å². The number of sulfone groups is 1. The Morgan fingerprint density at radius 1 is 1.50 bits per heavy atom. The molecular formula is C14H20FNO2S2. The predicted octanol–water partition coefficient (Wildman–Crippen LogP) is 2.78. The van der Waals surface area contributed by atoms with E-state index >= 15 is 0 Å². The van der Waals surface area contributed by atoms with Gasteiger partial charge in [-0.15, -0.1) is 11.8 Å². The Labute approximate surface area is 124 Å². The zero-order valence-corrected chi connectivity index (χ0v) is 13.4. The van der Waals surface area contributed by atoms with Gasteiger partial charge in [0, 0.05) is 22.7 Å². The average Bonchev–Trinajstić information content (AvgIpc) is 2.39. The van der Waals surface area contributed by atoms with Crippen molar-refractivity contribution in [3.8, 4) is 0 Å². The normalized spacial score (nSPS) is 20.4. The second-order valence-electron chi connectivity index (χ2n) is 5.14. The molecule has 0 fully saturated rings. The summed E-state index contributed by atoms with van der Waals surface area (Å²) in [4.78, 5) is 1.08. The maximum absolute atomic E-state index is 13.4. The van der Waals surface area contributed by atoms with Crippen LogP contribution in [0.3, 0.4) is 0 Å². The quantitative estimate of drug-likeness (QED) is 0.907. The summed E-state index contributed by atoms with van der Waals surface area (Å²) >= 11 is 1.72. The largest absolute Gasteiger partial charge is 0.306 e. The highest BCUT2D eigenvalue weighted by Crippen LogP contribution is 2.36. The van der Waals surface area contributed by atoms with E-state index < -0.39 is 9.84 Å². The summed E-state index contributed by atoms with van der Waals surface area (Å²) in [5.74, 6) is 0.999. The van der Waals surface area contributed by atoms with Gasteiger partial charge >= 0.3 is 0 Å². The number of hydrogen-bond donors (Lipinski definition) is 1. The Morgan fingerprint density at radius 2 is 2.25 bits per heavy atom. The first kappa shape index (κ1) is 15.8. The molecule has 6 heteroatoms. The number of rotatable bonds is 5. The number of halogens is 1. The molecule has 0 bridgehead atoms. The van der Waals surface area contributed by atoms with E-state index in [1.807, 2.05) is 6.92 Å². The van der Waals surface area contributed by atoms with Crippen molar-refractivity contribution in [1.82, 2.24) is 5.32 Å². The summed E-state index contributed by atoms with van der Waals surface area (Å²) in [6.07, 6.45) is 0.887. The molecule has 112 valence electrons. The van der Waals surface area contributed by atoms with Crippen LogP contribution in [0.4, 0.5) is 4.39 Å². The SMILES string of the molecule is CCS(=O)(=O)CC(C)NC1CCSc2ccc(F)cc21. The van der Waals surface area contributed by atoms with E-state index in [0.717, 1.165) is 22.6 Å². The van der Waals surface area contributed by atoms with Crippen molar-refractivity contribution in [3.63, 3.8) is 0 Å². The minimum atomic E-state index is -3.00. The number of thioether (sulfide) groups is 1. The molecule has 0 radical (unpaired) electrons. The number of fused-ring (bicyclic) bond motifs is 1. The minimum absolute atomic E-state index is 0.0315. The zero-order chi connectivity index (χ0) is 14.8. The van der Waals surface area contributed by atoms with Crippen LogP contribution in [0.15, 0.2) is 23.1 Å². The third kappa shape index (κ3) is 3.96. The fourth-order valence-corrected chi connectivity index (χ4v) is 4.63. The predicted molar refractivity (Wildman–Crippen MR) is 81.4 cm³/mol. The van der Waals surface area contributed by atoms with E-state index in [9.17, 15) is 12.8 Å². The van der Waals surface area contributed by atoms with Crippen molar-refractivity contribution in [2.75, 3.05) is 17.3 Å². The minimum Gasteiger partial charge on any atom is -0.306 e. The van der Waals surface area contributed by atoms with Crippen LogP contribution in [-0.2, 0) is 9.84 Å². The molecule has 0 amide bonds. The van der Waals surface area contributed by atoms with Crippen LogP contribution in [0, 0.1) is 5.82 Å². The molecule has 1 N–H and O–H groups in total. The van der Waals surface area contributed by atoms with E-state index in [2.05, 4.69) is 5.32 Å². The summed E-state index contributed by atoms with van der Waals surface area (Å²) < 4.78 is 36.7. The van der Waals surface area contributed by atoms with Crippen LogP contribution in [0.5, 0.6) is 0 Å². The summed E-state index contributed by atoms with van der Waals surface area (Å²) in [5, 5.41) is 3.33. The van der Waals surface area contributed by atoms with Gasteiger partial charge in [-0.1, -0.05) is 6.92 Å². The van der Waals surface area contributed by atoms with Gasteiger partial charge in [-0.2, -0.15) is 0 Å². The van der Waals surface area contributed by atoms with E-state index in [1.165, 1.54) is 6.07 Å². The molecular weight excluding hydrogens is 297 g/mol. The van der Waals surface area contributed by atoms with Gasteiger partial charge in [0.25, 0.3) is 0 Å². The molecule has 2 atom stereocenters. The first-order valence-electron chi connectivity index (χ1n) is 6.80. The molecule has 1 aliphatic heterocycles. The second-order valence-corrected chi connectivity index (χ2v) is 8.67. The molecule has 0 saturated heterocycles. The Kier molecular flexibility index (Phi) is 5.09. The third-order valence-corrected chi connectivity index (χ3v) is 6.45. The standard InChI is InChI=1S/C14H20FNO2S2/c1-3-20(17,18)9-10(2)16-13-6-7-19-14-5-4-11(15)8-12(13)14/h4-5,8,10,13,16H,3,6-7,9H2,1-2H3. The van der Waals surface area contributed by atoms with Crippen molar-refractivity contribution in [1.29, 1.82) is 0 Å². The van der Waals surface area contributed by atoms with Crippen LogP contribution in [0.1, 0.15) is 31.9 Å². The number of hydrogen-bond acceptors (Lipinski definition) is 4. The third-order valence-electron chi connectivity index (χ3n) is 3.44. The fourth-order valence-electron chi connectivity index (χ4n) is 2.43. The smallest absolute Gasteiger partial charge is 0.151 e. The van der Waals surface area contributed by atoms with E-state index in [4.69, 9.17) is 0 Å². The lowest BCUT2D eigenvalue weighted by molar-refractivity contribution is 0.455. The van der Waals surface area contributed by atoms with Crippen LogP contribution in [0.25, 0.3) is 0 Å². The highest BCUT2D eigenvalue weighted by molar-refractivity contribution is 7.99. The molecule has 1 aliphatic rings. The molecule has 0 saturated carbocycles.